The van der Waals surface area contributed by atoms with E-state index < -0.39 is 17.8 Å². The van der Waals surface area contributed by atoms with Crippen molar-refractivity contribution in [1.29, 1.82) is 0 Å². The molecule has 4 amide bonds. The lowest BCUT2D eigenvalue weighted by Crippen LogP contribution is -2.54. The van der Waals surface area contributed by atoms with Crippen LogP contribution < -0.4 is 15.0 Å². The lowest BCUT2D eigenvalue weighted by Gasteiger charge is -2.26. The molecule has 1 heterocycles. The number of rotatable bonds is 5. The van der Waals surface area contributed by atoms with Crippen LogP contribution in [0, 0.1) is 7.14 Å². The van der Waals surface area contributed by atoms with Gasteiger partial charge in [-0.2, -0.15) is 0 Å². The van der Waals surface area contributed by atoms with Crippen LogP contribution in [0.5, 0.6) is 5.75 Å². The number of hydrogen-bond donors (Lipinski definition) is 1. The van der Waals surface area contributed by atoms with Crippen LogP contribution in [0.1, 0.15) is 11.1 Å². The predicted molar refractivity (Wildman–Crippen MR) is 143 cm³/mol. The fourth-order valence-electron chi connectivity index (χ4n) is 3.18. The molecular weight excluding hydrogens is 670 g/mol. The van der Waals surface area contributed by atoms with Crippen LogP contribution in [-0.2, 0) is 16.2 Å². The molecule has 33 heavy (non-hydrogen) atoms. The zero-order valence-electron chi connectivity index (χ0n) is 16.8. The average Bonchev–Trinajstić information content (AvgIpc) is 2.78. The van der Waals surface area contributed by atoms with E-state index in [0.29, 0.717) is 22.9 Å². The summed E-state index contributed by atoms with van der Waals surface area (Å²) < 4.78 is 7.65. The third-order valence-electron chi connectivity index (χ3n) is 4.74. The maximum Gasteiger partial charge on any atom is 0.335 e. The van der Waals surface area contributed by atoms with Crippen molar-refractivity contribution in [2.45, 2.75) is 6.61 Å². The monoisotopic (exact) mass is 684 g/mol. The molecule has 9 heteroatoms. The summed E-state index contributed by atoms with van der Waals surface area (Å²) in [6, 6.07) is 18.9. The number of carbonyl (C=O) groups excluding carboxylic acids is 3. The van der Waals surface area contributed by atoms with Crippen molar-refractivity contribution in [3.8, 4) is 5.75 Å². The number of carbonyl (C=O) groups is 3. The lowest BCUT2D eigenvalue weighted by atomic mass is 10.1. The molecule has 166 valence electrons. The Morgan fingerprint density at radius 1 is 0.939 bits per heavy atom. The van der Waals surface area contributed by atoms with E-state index in [1.807, 2.05) is 42.5 Å². The Hall–Kier alpha value is -2.44. The third-order valence-corrected chi connectivity index (χ3v) is 6.60. The number of urea groups is 1. The summed E-state index contributed by atoms with van der Waals surface area (Å²) >= 11 is 10.2. The molecule has 0 saturated carbocycles. The topological polar surface area (TPSA) is 75.7 Å². The highest BCUT2D eigenvalue weighted by Gasteiger charge is 2.36. The Morgan fingerprint density at radius 2 is 1.58 bits per heavy atom. The molecule has 1 aliphatic heterocycles. The summed E-state index contributed by atoms with van der Waals surface area (Å²) in [6.07, 6.45) is 1.47. The van der Waals surface area contributed by atoms with Gasteiger partial charge in [-0.05, 0) is 98.8 Å². The van der Waals surface area contributed by atoms with Crippen molar-refractivity contribution in [3.63, 3.8) is 0 Å². The van der Waals surface area contributed by atoms with Crippen LogP contribution in [0.3, 0.4) is 0 Å². The number of nitrogens with zero attached hydrogens (tertiary/aromatic N) is 1. The number of nitrogens with one attached hydrogen (secondary N) is 1. The minimum Gasteiger partial charge on any atom is -0.487 e. The van der Waals surface area contributed by atoms with Crippen molar-refractivity contribution in [1.82, 2.24) is 5.32 Å². The molecular formula is C24H15ClI2N2O4. The van der Waals surface area contributed by atoms with Gasteiger partial charge in [0.05, 0.1) is 12.8 Å². The van der Waals surface area contributed by atoms with Crippen LogP contribution in [-0.4, -0.2) is 17.8 Å². The van der Waals surface area contributed by atoms with E-state index in [-0.39, 0.29) is 5.57 Å². The van der Waals surface area contributed by atoms with Crippen LogP contribution in [0.25, 0.3) is 6.08 Å². The van der Waals surface area contributed by atoms with E-state index in [1.54, 1.807) is 12.1 Å². The van der Waals surface area contributed by atoms with Gasteiger partial charge in [0.2, 0.25) is 0 Å². The van der Waals surface area contributed by atoms with E-state index in [0.717, 1.165) is 23.4 Å². The first-order chi connectivity index (χ1) is 15.8. The predicted octanol–water partition coefficient (Wildman–Crippen LogP) is 5.79. The Labute approximate surface area is 222 Å². The summed E-state index contributed by atoms with van der Waals surface area (Å²) in [7, 11) is 0. The Balaban J connectivity index is 1.61. The first-order valence-electron chi connectivity index (χ1n) is 9.66. The number of ether oxygens (including phenoxy) is 1. The second kappa shape index (κ2) is 10.2. The first-order valence-corrected chi connectivity index (χ1v) is 12.2. The fourth-order valence-corrected chi connectivity index (χ4v) is 5.43. The van der Waals surface area contributed by atoms with Gasteiger partial charge < -0.3 is 4.74 Å². The van der Waals surface area contributed by atoms with Crippen molar-refractivity contribution in [2.24, 2.45) is 0 Å². The zero-order chi connectivity index (χ0) is 23.5. The zero-order valence-corrected chi connectivity index (χ0v) is 21.9. The standard InChI is InChI=1S/C24H15ClI2N2O4/c25-16-6-8-17(9-7-16)29-23(31)18(22(30)28-24(29)32)10-15-11-19(26)21(20(27)12-15)33-13-14-4-2-1-3-5-14/h1-12H,13H2,(H,28,30,32)/b18-10+. The third kappa shape index (κ3) is 5.39. The van der Waals surface area contributed by atoms with Gasteiger partial charge in [0.1, 0.15) is 17.9 Å². The molecule has 0 radical (unpaired) electrons. The van der Waals surface area contributed by atoms with Gasteiger partial charge in [0.15, 0.2) is 0 Å². The van der Waals surface area contributed by atoms with Crippen molar-refractivity contribution < 1.29 is 19.1 Å². The lowest BCUT2D eigenvalue weighted by molar-refractivity contribution is -0.122. The molecule has 0 atom stereocenters. The molecule has 1 saturated heterocycles. The SMILES string of the molecule is O=C1NC(=O)N(c2ccc(Cl)cc2)C(=O)/C1=C/c1cc(I)c(OCc2ccccc2)c(I)c1. The summed E-state index contributed by atoms with van der Waals surface area (Å²) in [4.78, 5) is 38.7. The summed E-state index contributed by atoms with van der Waals surface area (Å²) in [5.74, 6) is -0.732. The van der Waals surface area contributed by atoms with Gasteiger partial charge >= 0.3 is 6.03 Å². The van der Waals surface area contributed by atoms with Gasteiger partial charge in [-0.25, -0.2) is 9.69 Å². The molecule has 0 spiro atoms. The molecule has 1 aliphatic rings. The maximum absolute atomic E-state index is 13.0. The highest BCUT2D eigenvalue weighted by Crippen LogP contribution is 2.31. The van der Waals surface area contributed by atoms with E-state index in [9.17, 15) is 14.4 Å². The summed E-state index contributed by atoms with van der Waals surface area (Å²) in [5.41, 5.74) is 1.86. The van der Waals surface area contributed by atoms with Crippen LogP contribution in [0.15, 0.2) is 72.3 Å². The molecule has 1 fully saturated rings. The fraction of sp³-hybridized carbons (Fsp3) is 0.0417. The van der Waals surface area contributed by atoms with Crippen LogP contribution >= 0.6 is 56.8 Å². The number of amides is 4. The molecule has 0 bridgehead atoms. The van der Waals surface area contributed by atoms with Crippen molar-refractivity contribution >= 4 is 86.4 Å². The number of barbiturate groups is 1. The normalized spacial score (nSPS) is 15.1. The van der Waals surface area contributed by atoms with Crippen LogP contribution in [0.2, 0.25) is 5.02 Å². The van der Waals surface area contributed by atoms with Crippen molar-refractivity contribution in [2.75, 3.05) is 4.90 Å². The number of imide groups is 2. The molecule has 3 aromatic rings. The van der Waals surface area contributed by atoms with Gasteiger partial charge in [-0.15, -0.1) is 0 Å². The Morgan fingerprint density at radius 3 is 2.21 bits per heavy atom. The van der Waals surface area contributed by atoms with Gasteiger partial charge in [0, 0.05) is 5.02 Å². The van der Waals surface area contributed by atoms with Crippen molar-refractivity contribution in [3.05, 3.63) is 95.6 Å². The molecule has 4 rings (SSSR count). The van der Waals surface area contributed by atoms with Gasteiger partial charge in [-0.1, -0.05) is 41.9 Å². The molecule has 6 nitrogen and oxygen atoms in total. The number of anilines is 1. The van der Waals surface area contributed by atoms with E-state index in [2.05, 4.69) is 50.5 Å². The number of halogens is 3. The minimum atomic E-state index is -0.807. The molecule has 0 aliphatic carbocycles. The van der Waals surface area contributed by atoms with E-state index in [4.69, 9.17) is 16.3 Å². The van der Waals surface area contributed by atoms with Crippen LogP contribution in [0.4, 0.5) is 10.5 Å². The summed E-state index contributed by atoms with van der Waals surface area (Å²) in [5, 5.41) is 2.69. The smallest absolute Gasteiger partial charge is 0.335 e. The average molecular weight is 685 g/mol. The number of benzene rings is 3. The highest BCUT2D eigenvalue weighted by molar-refractivity contribution is 14.1. The highest BCUT2D eigenvalue weighted by atomic mass is 127. The largest absolute Gasteiger partial charge is 0.487 e. The second-order valence-corrected chi connectivity index (χ2v) is 9.78. The molecule has 0 aromatic heterocycles. The Kier molecular flexibility index (Phi) is 7.35. The second-order valence-electron chi connectivity index (χ2n) is 7.02. The quantitative estimate of drug-likeness (QED) is 0.210. The maximum atomic E-state index is 13.0. The number of hydrogen-bond acceptors (Lipinski definition) is 4. The van der Waals surface area contributed by atoms with E-state index >= 15 is 0 Å². The van der Waals surface area contributed by atoms with Gasteiger partial charge in [0.25, 0.3) is 11.8 Å². The molecule has 3 aromatic carbocycles. The first kappa shape index (κ1) is 23.7. The summed E-state index contributed by atoms with van der Waals surface area (Å²) in [6.45, 7) is 0.423. The molecule has 1 N–H and O–H groups in total. The van der Waals surface area contributed by atoms with Gasteiger partial charge in [-0.3, -0.25) is 14.9 Å². The molecule has 0 unspecified atom stereocenters. The Bertz CT molecular complexity index is 1250. The van der Waals surface area contributed by atoms with E-state index in [1.165, 1.54) is 18.2 Å². The minimum absolute atomic E-state index is 0.144.